The van der Waals surface area contributed by atoms with Gasteiger partial charge in [0.25, 0.3) is 5.91 Å². The molecule has 37 heavy (non-hydrogen) atoms. The smallest absolute Gasteiger partial charge is 0.378 e. The Balaban J connectivity index is 1.44. The van der Waals surface area contributed by atoms with Gasteiger partial charge in [0, 0.05) is 25.4 Å². The molecule has 1 aromatic carbocycles. The lowest BCUT2D eigenvalue weighted by Crippen LogP contribution is -2.59. The Bertz CT molecular complexity index is 1270. The van der Waals surface area contributed by atoms with Crippen LogP contribution in [0.4, 0.5) is 28.9 Å². The zero-order chi connectivity index (χ0) is 26.6. The second kappa shape index (κ2) is 10.5. The highest BCUT2D eigenvalue weighted by Gasteiger charge is 2.44. The van der Waals surface area contributed by atoms with E-state index in [1.807, 2.05) is 0 Å². The molecule has 13 heteroatoms. The van der Waals surface area contributed by atoms with Gasteiger partial charge in [0.1, 0.15) is 17.7 Å². The third-order valence-electron chi connectivity index (χ3n) is 5.78. The van der Waals surface area contributed by atoms with Gasteiger partial charge in [-0.3, -0.25) is 14.6 Å². The molecule has 1 fully saturated rings. The molecule has 1 aliphatic heterocycles. The minimum absolute atomic E-state index is 0.0273. The second-order valence-corrected chi connectivity index (χ2v) is 8.45. The van der Waals surface area contributed by atoms with Crippen LogP contribution < -0.4 is 16.0 Å². The van der Waals surface area contributed by atoms with Crippen molar-refractivity contribution < 1.29 is 31.9 Å². The number of aromatic nitrogens is 3. The number of rotatable bonds is 7. The fraction of sp³-hybridized carbons (Fsp3) is 0.292. The second-order valence-electron chi connectivity index (χ2n) is 8.45. The van der Waals surface area contributed by atoms with Crippen molar-refractivity contribution in [3.05, 3.63) is 77.9 Å². The van der Waals surface area contributed by atoms with Crippen LogP contribution in [0, 0.1) is 5.82 Å². The quantitative estimate of drug-likeness (QED) is 0.410. The van der Waals surface area contributed by atoms with Crippen molar-refractivity contribution in [3.63, 3.8) is 0 Å². The molecule has 0 aliphatic carbocycles. The van der Waals surface area contributed by atoms with E-state index in [1.165, 1.54) is 37.1 Å². The Morgan fingerprint density at radius 1 is 1.11 bits per heavy atom. The van der Waals surface area contributed by atoms with Crippen LogP contribution in [0.1, 0.15) is 41.0 Å². The lowest BCUT2D eigenvalue weighted by Gasteiger charge is -2.29. The summed E-state index contributed by atoms with van der Waals surface area (Å²) in [4.78, 5) is 37.6. The molecular weight excluding hydrogens is 496 g/mol. The monoisotopic (exact) mass is 518 g/mol. The number of benzene rings is 1. The normalized spacial score (nSPS) is 18.2. The van der Waals surface area contributed by atoms with Crippen molar-refractivity contribution in [1.29, 1.82) is 0 Å². The van der Waals surface area contributed by atoms with Crippen molar-refractivity contribution >= 4 is 23.2 Å². The largest absolute Gasteiger partial charge is 0.418 e. The number of carbonyl (C=O) groups excluding carboxylic acids is 2. The van der Waals surface area contributed by atoms with Crippen molar-refractivity contribution in [2.75, 3.05) is 18.5 Å². The molecule has 0 saturated carbocycles. The minimum atomic E-state index is -4.75. The van der Waals surface area contributed by atoms with Gasteiger partial charge in [0.2, 0.25) is 5.91 Å². The summed E-state index contributed by atoms with van der Waals surface area (Å²) in [5.41, 5.74) is -1.94. The molecule has 0 spiro atoms. The minimum Gasteiger partial charge on any atom is -0.378 e. The third kappa shape index (κ3) is 6.00. The predicted molar refractivity (Wildman–Crippen MR) is 123 cm³/mol. The number of amides is 2. The van der Waals surface area contributed by atoms with Crippen LogP contribution in [-0.2, 0) is 15.7 Å². The molecule has 3 heterocycles. The van der Waals surface area contributed by atoms with Gasteiger partial charge >= 0.3 is 6.18 Å². The van der Waals surface area contributed by atoms with Gasteiger partial charge in [-0.25, -0.2) is 14.4 Å². The van der Waals surface area contributed by atoms with Crippen molar-refractivity contribution in [3.8, 4) is 0 Å². The number of nitrogens with one attached hydrogen (secondary N) is 3. The van der Waals surface area contributed by atoms with E-state index in [-0.39, 0.29) is 36.6 Å². The van der Waals surface area contributed by atoms with Gasteiger partial charge in [0.05, 0.1) is 47.0 Å². The van der Waals surface area contributed by atoms with E-state index in [9.17, 15) is 27.2 Å². The summed E-state index contributed by atoms with van der Waals surface area (Å²) in [5, 5.41) is 8.11. The average molecular weight is 518 g/mol. The topological polar surface area (TPSA) is 118 Å². The van der Waals surface area contributed by atoms with Gasteiger partial charge in [-0.1, -0.05) is 0 Å². The molecular formula is C24H22F4N6O3. The Morgan fingerprint density at radius 2 is 1.86 bits per heavy atom. The van der Waals surface area contributed by atoms with E-state index >= 15 is 0 Å². The van der Waals surface area contributed by atoms with Gasteiger partial charge in [-0.15, -0.1) is 0 Å². The van der Waals surface area contributed by atoms with Crippen LogP contribution in [0.25, 0.3) is 0 Å². The number of nitrogens with zero attached hydrogens (tertiary/aromatic N) is 3. The molecule has 2 unspecified atom stereocenters. The fourth-order valence-corrected chi connectivity index (χ4v) is 3.76. The zero-order valence-corrected chi connectivity index (χ0v) is 19.5. The molecule has 0 radical (unpaired) electrons. The first-order chi connectivity index (χ1) is 17.6. The molecule has 3 N–H and O–H groups in total. The molecule has 9 nitrogen and oxygen atoms in total. The lowest BCUT2D eigenvalue weighted by molar-refractivity contribution is -0.137. The van der Waals surface area contributed by atoms with E-state index in [2.05, 4.69) is 30.9 Å². The molecule has 0 bridgehead atoms. The van der Waals surface area contributed by atoms with Gasteiger partial charge in [-0.05, 0) is 37.3 Å². The SMILES string of the molecule is CC(NC(=O)C1(NC(=O)c2cncnc2)CCOC1)c1ccc(Nc2ccc(F)cc2C(F)(F)F)cn1. The zero-order valence-electron chi connectivity index (χ0n) is 19.5. The summed E-state index contributed by atoms with van der Waals surface area (Å²) in [6.45, 7) is 1.92. The Kier molecular flexibility index (Phi) is 7.34. The molecule has 194 valence electrons. The lowest BCUT2D eigenvalue weighted by atomic mass is 9.96. The molecule has 1 saturated heterocycles. The maximum atomic E-state index is 13.3. The Hall–Kier alpha value is -4.13. The van der Waals surface area contributed by atoms with Crippen LogP contribution in [0.3, 0.4) is 0 Å². The number of halogens is 4. The summed E-state index contributed by atoms with van der Waals surface area (Å²) in [6.07, 6.45) is 0.736. The van der Waals surface area contributed by atoms with Crippen molar-refractivity contribution in [2.45, 2.75) is 31.1 Å². The Morgan fingerprint density at radius 3 is 2.49 bits per heavy atom. The van der Waals surface area contributed by atoms with Gasteiger partial charge in [-0.2, -0.15) is 13.2 Å². The van der Waals surface area contributed by atoms with E-state index in [0.29, 0.717) is 11.8 Å². The highest BCUT2D eigenvalue weighted by atomic mass is 19.4. The molecule has 2 amide bonds. The predicted octanol–water partition coefficient (Wildman–Crippen LogP) is 3.54. The van der Waals surface area contributed by atoms with Crippen LogP contribution in [0.2, 0.25) is 0 Å². The van der Waals surface area contributed by atoms with Gasteiger partial charge in [0.15, 0.2) is 0 Å². The fourth-order valence-electron chi connectivity index (χ4n) is 3.76. The first-order valence-corrected chi connectivity index (χ1v) is 11.1. The summed E-state index contributed by atoms with van der Waals surface area (Å²) in [5.74, 6) is -2.01. The molecule has 2 aromatic heterocycles. The first-order valence-electron chi connectivity index (χ1n) is 11.1. The number of ether oxygens (including phenoxy) is 1. The average Bonchev–Trinajstić information content (AvgIpc) is 3.35. The molecule has 2 atom stereocenters. The highest BCUT2D eigenvalue weighted by Crippen LogP contribution is 2.36. The summed E-state index contributed by atoms with van der Waals surface area (Å²) >= 11 is 0. The van der Waals surface area contributed by atoms with Crippen LogP contribution in [-0.4, -0.2) is 45.5 Å². The number of hydrogen-bond donors (Lipinski definition) is 3. The van der Waals surface area contributed by atoms with Crippen LogP contribution >= 0.6 is 0 Å². The third-order valence-corrected chi connectivity index (χ3v) is 5.78. The summed E-state index contributed by atoms with van der Waals surface area (Å²) in [6, 6.07) is 4.74. The molecule has 1 aliphatic rings. The first kappa shape index (κ1) is 25.9. The van der Waals surface area contributed by atoms with Crippen LogP contribution in [0.15, 0.2) is 55.2 Å². The maximum Gasteiger partial charge on any atom is 0.418 e. The van der Waals surface area contributed by atoms with E-state index in [4.69, 9.17) is 4.74 Å². The van der Waals surface area contributed by atoms with E-state index in [1.54, 1.807) is 6.92 Å². The van der Waals surface area contributed by atoms with Crippen molar-refractivity contribution in [2.24, 2.45) is 0 Å². The maximum absolute atomic E-state index is 13.3. The summed E-state index contributed by atoms with van der Waals surface area (Å²) < 4.78 is 58.5. The number of anilines is 2. The van der Waals surface area contributed by atoms with Gasteiger partial charge < -0.3 is 20.7 Å². The van der Waals surface area contributed by atoms with E-state index in [0.717, 1.165) is 12.1 Å². The van der Waals surface area contributed by atoms with Crippen LogP contribution in [0.5, 0.6) is 0 Å². The number of hydrogen-bond acceptors (Lipinski definition) is 7. The Labute approximate surface area is 208 Å². The van der Waals surface area contributed by atoms with Crippen molar-refractivity contribution in [1.82, 2.24) is 25.6 Å². The highest BCUT2D eigenvalue weighted by molar-refractivity contribution is 5.99. The number of alkyl halides is 3. The molecule has 3 aromatic rings. The standard InChI is InChI=1S/C24H22F4N6O3/c1-14(32-22(36)23(6-7-37-12-23)34-21(35)15-9-29-13-30-10-15)19-5-3-17(11-31-19)33-20-4-2-16(25)8-18(20)24(26,27)28/h2-5,8-11,13-14,33H,6-7,12H2,1H3,(H,32,36)(H,34,35). The number of carbonyl (C=O) groups is 2. The number of pyridine rings is 1. The summed E-state index contributed by atoms with van der Waals surface area (Å²) in [7, 11) is 0. The van der Waals surface area contributed by atoms with E-state index < -0.39 is 41.0 Å². The molecule has 4 rings (SSSR count).